The number of nitrogens with zero attached hydrogens (tertiary/aromatic N) is 1. The molecule has 0 saturated carbocycles. The second kappa shape index (κ2) is 5.95. The summed E-state index contributed by atoms with van der Waals surface area (Å²) in [5.41, 5.74) is 3.55. The van der Waals surface area contributed by atoms with Crippen LogP contribution in [0.5, 0.6) is 5.88 Å². The Hall–Kier alpha value is -2.03. The molecule has 2 rings (SSSR count). The maximum atomic E-state index is 5.15. The van der Waals surface area contributed by atoms with Crippen LogP contribution in [0.15, 0.2) is 42.5 Å². The molecule has 1 N–H and O–H groups in total. The van der Waals surface area contributed by atoms with Crippen molar-refractivity contribution in [2.75, 3.05) is 12.4 Å². The highest BCUT2D eigenvalue weighted by molar-refractivity contribution is 5.54. The number of nitrogens with one attached hydrogen (secondary N) is 1. The van der Waals surface area contributed by atoms with Crippen LogP contribution < -0.4 is 10.1 Å². The topological polar surface area (TPSA) is 34.1 Å². The molecule has 0 unspecified atom stereocenters. The van der Waals surface area contributed by atoms with Gasteiger partial charge in [-0.3, -0.25) is 0 Å². The van der Waals surface area contributed by atoms with Crippen molar-refractivity contribution in [3.63, 3.8) is 0 Å². The van der Waals surface area contributed by atoms with Crippen LogP contribution in [0, 0.1) is 0 Å². The van der Waals surface area contributed by atoms with Gasteiger partial charge in [0.05, 0.1) is 19.3 Å². The molecule has 0 atom stereocenters. The first-order valence-corrected chi connectivity index (χ1v) is 6.84. The Labute approximate surface area is 121 Å². The predicted molar refractivity (Wildman–Crippen MR) is 83.3 cm³/mol. The van der Waals surface area contributed by atoms with E-state index < -0.39 is 0 Å². The largest absolute Gasteiger partial charge is 0.481 e. The lowest BCUT2D eigenvalue weighted by atomic mass is 9.86. The van der Waals surface area contributed by atoms with Crippen LogP contribution in [0.2, 0.25) is 0 Å². The lowest BCUT2D eigenvalue weighted by Gasteiger charge is -2.23. The highest BCUT2D eigenvalue weighted by Crippen LogP contribution is 2.29. The number of methoxy groups -OCH3 is 1. The van der Waals surface area contributed by atoms with Gasteiger partial charge in [0.1, 0.15) is 0 Å². The minimum atomic E-state index is 0.116. The van der Waals surface area contributed by atoms with Crippen molar-refractivity contribution in [1.82, 2.24) is 4.98 Å². The lowest BCUT2D eigenvalue weighted by Crippen LogP contribution is -2.15. The van der Waals surface area contributed by atoms with Crippen molar-refractivity contribution < 1.29 is 4.74 Å². The van der Waals surface area contributed by atoms with Gasteiger partial charge in [0.25, 0.3) is 0 Å². The number of rotatable bonds is 4. The molecular formula is C17H22N2O. The number of anilines is 1. The van der Waals surface area contributed by atoms with Crippen LogP contribution in [0.3, 0.4) is 0 Å². The van der Waals surface area contributed by atoms with Crippen LogP contribution in [0.4, 0.5) is 5.69 Å². The average molecular weight is 270 g/mol. The number of para-hydroxylation sites is 1. The first-order valence-electron chi connectivity index (χ1n) is 6.84. The Balaban J connectivity index is 2.15. The molecule has 0 aliphatic carbocycles. The molecule has 0 saturated heterocycles. The summed E-state index contributed by atoms with van der Waals surface area (Å²) in [4.78, 5) is 4.41. The molecule has 2 aromatic rings. The van der Waals surface area contributed by atoms with Gasteiger partial charge in [-0.1, -0.05) is 45.0 Å². The molecule has 0 spiro atoms. The van der Waals surface area contributed by atoms with E-state index in [9.17, 15) is 0 Å². The maximum Gasteiger partial charge on any atom is 0.213 e. The van der Waals surface area contributed by atoms with Crippen molar-refractivity contribution in [1.29, 1.82) is 0 Å². The fraction of sp³-hybridized carbons (Fsp3) is 0.353. The fourth-order valence-electron chi connectivity index (χ4n) is 2.15. The van der Waals surface area contributed by atoms with E-state index in [1.807, 2.05) is 18.2 Å². The predicted octanol–water partition coefficient (Wildman–Crippen LogP) is 4.00. The highest BCUT2D eigenvalue weighted by atomic mass is 16.5. The Morgan fingerprint density at radius 1 is 1.05 bits per heavy atom. The summed E-state index contributed by atoms with van der Waals surface area (Å²) < 4.78 is 5.15. The van der Waals surface area contributed by atoms with Gasteiger partial charge in [0, 0.05) is 11.8 Å². The normalized spacial score (nSPS) is 11.2. The standard InChI is InChI=1S/C17H22N2O/c1-17(2,3)14-9-5-6-10-15(14)18-12-13-8-7-11-16(19-13)20-4/h5-11,18H,12H2,1-4H3. The van der Waals surface area contributed by atoms with E-state index in [2.05, 4.69) is 55.3 Å². The summed E-state index contributed by atoms with van der Waals surface area (Å²) in [5.74, 6) is 0.647. The summed E-state index contributed by atoms with van der Waals surface area (Å²) >= 11 is 0. The van der Waals surface area contributed by atoms with Crippen LogP contribution in [-0.2, 0) is 12.0 Å². The zero-order chi connectivity index (χ0) is 14.6. The third kappa shape index (κ3) is 3.50. The molecule has 0 amide bonds. The van der Waals surface area contributed by atoms with Crippen molar-refractivity contribution in [3.05, 3.63) is 53.7 Å². The SMILES string of the molecule is COc1cccc(CNc2ccccc2C(C)(C)C)n1. The van der Waals surface area contributed by atoms with Crippen LogP contribution >= 0.6 is 0 Å². The van der Waals surface area contributed by atoms with Gasteiger partial charge in [-0.05, 0) is 23.1 Å². The van der Waals surface area contributed by atoms with Crippen LogP contribution in [0.1, 0.15) is 32.0 Å². The maximum absolute atomic E-state index is 5.15. The number of hydrogen-bond acceptors (Lipinski definition) is 3. The summed E-state index contributed by atoms with van der Waals surface area (Å²) in [6.45, 7) is 7.34. The summed E-state index contributed by atoms with van der Waals surface area (Å²) in [5, 5.41) is 3.47. The van der Waals surface area contributed by atoms with Crippen LogP contribution in [-0.4, -0.2) is 12.1 Å². The summed E-state index contributed by atoms with van der Waals surface area (Å²) in [6.07, 6.45) is 0. The molecule has 0 aliphatic heterocycles. The third-order valence-electron chi connectivity index (χ3n) is 3.19. The van der Waals surface area contributed by atoms with Gasteiger partial charge >= 0.3 is 0 Å². The second-order valence-corrected chi connectivity index (χ2v) is 5.82. The Bertz CT molecular complexity index is 573. The number of hydrogen-bond donors (Lipinski definition) is 1. The summed E-state index contributed by atoms with van der Waals surface area (Å²) in [7, 11) is 1.63. The highest BCUT2D eigenvalue weighted by Gasteiger charge is 2.17. The molecule has 1 aromatic carbocycles. The van der Waals surface area contributed by atoms with Crippen LogP contribution in [0.25, 0.3) is 0 Å². The molecule has 20 heavy (non-hydrogen) atoms. The van der Waals surface area contributed by atoms with Gasteiger partial charge < -0.3 is 10.1 Å². The molecular weight excluding hydrogens is 248 g/mol. The molecule has 3 nitrogen and oxygen atoms in total. The Morgan fingerprint density at radius 3 is 2.50 bits per heavy atom. The molecule has 1 heterocycles. The Morgan fingerprint density at radius 2 is 1.80 bits per heavy atom. The molecule has 0 radical (unpaired) electrons. The molecule has 0 aliphatic rings. The smallest absolute Gasteiger partial charge is 0.213 e. The second-order valence-electron chi connectivity index (χ2n) is 5.82. The quantitative estimate of drug-likeness (QED) is 0.911. The van der Waals surface area contributed by atoms with Crippen molar-refractivity contribution in [2.24, 2.45) is 0 Å². The van der Waals surface area contributed by atoms with E-state index in [0.29, 0.717) is 12.4 Å². The lowest BCUT2D eigenvalue weighted by molar-refractivity contribution is 0.396. The molecule has 106 valence electrons. The van der Waals surface area contributed by atoms with E-state index >= 15 is 0 Å². The van der Waals surface area contributed by atoms with Crippen molar-refractivity contribution >= 4 is 5.69 Å². The molecule has 0 bridgehead atoms. The Kier molecular flexibility index (Phi) is 4.28. The number of benzene rings is 1. The number of aromatic nitrogens is 1. The first-order chi connectivity index (χ1) is 9.50. The molecule has 3 heteroatoms. The first kappa shape index (κ1) is 14.4. The van der Waals surface area contributed by atoms with Crippen molar-refractivity contribution in [3.8, 4) is 5.88 Å². The third-order valence-corrected chi connectivity index (χ3v) is 3.19. The molecule has 0 fully saturated rings. The van der Waals surface area contributed by atoms with E-state index in [-0.39, 0.29) is 5.41 Å². The zero-order valence-electron chi connectivity index (χ0n) is 12.6. The number of ether oxygens (including phenoxy) is 1. The van der Waals surface area contributed by atoms with Gasteiger partial charge in [-0.15, -0.1) is 0 Å². The van der Waals surface area contributed by atoms with Gasteiger partial charge in [0.2, 0.25) is 5.88 Å². The van der Waals surface area contributed by atoms with Gasteiger partial charge in [-0.2, -0.15) is 0 Å². The fourth-order valence-corrected chi connectivity index (χ4v) is 2.15. The van der Waals surface area contributed by atoms with Gasteiger partial charge in [-0.25, -0.2) is 4.98 Å². The van der Waals surface area contributed by atoms with E-state index in [4.69, 9.17) is 4.74 Å². The summed E-state index contributed by atoms with van der Waals surface area (Å²) in [6, 6.07) is 14.2. The molecule has 1 aromatic heterocycles. The van der Waals surface area contributed by atoms with Gasteiger partial charge in [0.15, 0.2) is 0 Å². The minimum Gasteiger partial charge on any atom is -0.481 e. The average Bonchev–Trinajstić information content (AvgIpc) is 2.44. The van der Waals surface area contributed by atoms with E-state index in [1.165, 1.54) is 5.56 Å². The monoisotopic (exact) mass is 270 g/mol. The number of pyridine rings is 1. The zero-order valence-corrected chi connectivity index (χ0v) is 12.6. The van der Waals surface area contributed by atoms with Crippen molar-refractivity contribution in [2.45, 2.75) is 32.7 Å². The van der Waals surface area contributed by atoms with E-state index in [1.54, 1.807) is 7.11 Å². The minimum absolute atomic E-state index is 0.116. The van der Waals surface area contributed by atoms with E-state index in [0.717, 1.165) is 11.4 Å².